The van der Waals surface area contributed by atoms with Crippen LogP contribution < -0.4 is 9.64 Å². The molecule has 170 valence electrons. The van der Waals surface area contributed by atoms with Crippen LogP contribution in [0.25, 0.3) is 5.57 Å². The van der Waals surface area contributed by atoms with Gasteiger partial charge in [-0.3, -0.25) is 14.5 Å². The second-order valence-corrected chi connectivity index (χ2v) is 9.86. The molecule has 2 amide bonds. The monoisotopic (exact) mass is 506 g/mol. The molecule has 0 spiro atoms. The lowest BCUT2D eigenvalue weighted by atomic mass is 10.1. The smallest absolute Gasteiger partial charge is 0.267 e. The molecule has 2 aliphatic rings. The van der Waals surface area contributed by atoms with Gasteiger partial charge in [-0.2, -0.15) is 0 Å². The normalized spacial score (nSPS) is 17.5. The fourth-order valence-corrected chi connectivity index (χ4v) is 5.57. The van der Waals surface area contributed by atoms with Crippen molar-refractivity contribution >= 4 is 63.0 Å². The Kier molecular flexibility index (Phi) is 6.16. The van der Waals surface area contributed by atoms with Crippen molar-refractivity contribution in [2.45, 2.75) is 13.1 Å². The van der Waals surface area contributed by atoms with Crippen LogP contribution in [0.15, 0.2) is 77.7 Å². The number of methoxy groups -OCH3 is 1. The summed E-state index contributed by atoms with van der Waals surface area (Å²) in [6.07, 6.45) is 0. The minimum atomic E-state index is -0.261. The van der Waals surface area contributed by atoms with Crippen LogP contribution in [0.4, 0.5) is 5.69 Å². The van der Waals surface area contributed by atoms with E-state index in [1.807, 2.05) is 66.7 Å². The van der Waals surface area contributed by atoms with Gasteiger partial charge in [0.05, 0.1) is 36.4 Å². The maximum Gasteiger partial charge on any atom is 0.267 e. The second-order valence-electron chi connectivity index (χ2n) is 7.81. The topological polar surface area (TPSA) is 49.9 Å². The molecular formula is C26H19ClN2O3S2. The first-order chi connectivity index (χ1) is 16.5. The number of rotatable bonds is 5. The van der Waals surface area contributed by atoms with E-state index in [0.29, 0.717) is 32.9 Å². The van der Waals surface area contributed by atoms with Gasteiger partial charge in [0.25, 0.3) is 11.8 Å². The quantitative estimate of drug-likeness (QED) is 0.330. The van der Waals surface area contributed by atoms with E-state index in [2.05, 4.69) is 0 Å². The van der Waals surface area contributed by atoms with E-state index < -0.39 is 0 Å². The summed E-state index contributed by atoms with van der Waals surface area (Å²) in [5, 5.41) is 0.590. The highest BCUT2D eigenvalue weighted by Gasteiger charge is 2.42. The highest BCUT2D eigenvalue weighted by Crippen LogP contribution is 2.45. The molecule has 34 heavy (non-hydrogen) atoms. The van der Waals surface area contributed by atoms with Crippen LogP contribution in [0.1, 0.15) is 16.7 Å². The molecule has 1 fully saturated rings. The molecule has 2 heterocycles. The van der Waals surface area contributed by atoms with Crippen molar-refractivity contribution in [2.75, 3.05) is 12.0 Å². The molecular weight excluding hydrogens is 488 g/mol. The molecule has 1 saturated heterocycles. The number of benzene rings is 3. The average molecular weight is 507 g/mol. The Labute approximate surface area is 212 Å². The first kappa shape index (κ1) is 22.7. The summed E-state index contributed by atoms with van der Waals surface area (Å²) < 4.78 is 5.63. The average Bonchev–Trinajstić information content (AvgIpc) is 3.28. The Morgan fingerprint density at radius 1 is 0.882 bits per heavy atom. The Hall–Kier alpha value is -3.13. The van der Waals surface area contributed by atoms with Crippen LogP contribution >= 0.6 is 35.6 Å². The Balaban J connectivity index is 1.49. The van der Waals surface area contributed by atoms with E-state index >= 15 is 0 Å². The largest absolute Gasteiger partial charge is 0.497 e. The minimum absolute atomic E-state index is 0.230. The summed E-state index contributed by atoms with van der Waals surface area (Å²) >= 11 is 13.1. The van der Waals surface area contributed by atoms with E-state index in [9.17, 15) is 9.59 Å². The van der Waals surface area contributed by atoms with Crippen LogP contribution in [0.2, 0.25) is 5.02 Å². The van der Waals surface area contributed by atoms with Gasteiger partial charge in [0.2, 0.25) is 0 Å². The van der Waals surface area contributed by atoms with Crippen LogP contribution in [0, 0.1) is 0 Å². The molecule has 8 heteroatoms. The molecule has 0 aromatic heterocycles. The molecule has 0 saturated carbocycles. The number of carbonyl (C=O) groups excluding carboxylic acids is 2. The number of fused-ring (bicyclic) bond motifs is 1. The predicted molar refractivity (Wildman–Crippen MR) is 140 cm³/mol. The molecule has 0 N–H and O–H groups in total. The van der Waals surface area contributed by atoms with Crippen LogP contribution in [0.5, 0.6) is 5.75 Å². The van der Waals surface area contributed by atoms with E-state index in [4.69, 9.17) is 28.6 Å². The Morgan fingerprint density at radius 2 is 1.59 bits per heavy atom. The second kappa shape index (κ2) is 9.25. The first-order valence-electron chi connectivity index (χ1n) is 10.5. The van der Waals surface area contributed by atoms with Gasteiger partial charge in [-0.25, -0.2) is 0 Å². The van der Waals surface area contributed by atoms with Gasteiger partial charge in [0, 0.05) is 10.6 Å². The van der Waals surface area contributed by atoms with Crippen LogP contribution in [-0.4, -0.2) is 28.1 Å². The van der Waals surface area contributed by atoms with Gasteiger partial charge in [0.15, 0.2) is 0 Å². The van der Waals surface area contributed by atoms with Gasteiger partial charge in [-0.15, -0.1) is 0 Å². The van der Waals surface area contributed by atoms with Crippen molar-refractivity contribution in [2.24, 2.45) is 0 Å². The van der Waals surface area contributed by atoms with Crippen molar-refractivity contribution in [1.29, 1.82) is 0 Å². The number of thiocarbonyl (C=S) groups is 1. The highest BCUT2D eigenvalue weighted by atomic mass is 35.5. The Bertz CT molecular complexity index is 1350. The number of carbonyl (C=O) groups is 2. The predicted octanol–water partition coefficient (Wildman–Crippen LogP) is 5.67. The van der Waals surface area contributed by atoms with E-state index in [-0.39, 0.29) is 11.8 Å². The van der Waals surface area contributed by atoms with E-state index in [1.165, 1.54) is 16.7 Å². The van der Waals surface area contributed by atoms with Gasteiger partial charge in [0.1, 0.15) is 10.1 Å². The SMILES string of the molecule is COc1ccc(CN2C(=O)/C(=C3/C(=O)N(Cc4ccccc4Cl)c4ccccc43)SC2=S)cc1. The van der Waals surface area contributed by atoms with Crippen molar-refractivity contribution in [1.82, 2.24) is 4.90 Å². The lowest BCUT2D eigenvalue weighted by Crippen LogP contribution is -2.29. The van der Waals surface area contributed by atoms with Gasteiger partial charge < -0.3 is 9.64 Å². The molecule has 0 bridgehead atoms. The highest BCUT2D eigenvalue weighted by molar-refractivity contribution is 8.26. The summed E-state index contributed by atoms with van der Waals surface area (Å²) in [4.78, 5) is 30.7. The summed E-state index contributed by atoms with van der Waals surface area (Å²) in [5.41, 5.74) is 3.62. The fraction of sp³-hybridized carbons (Fsp3) is 0.115. The number of thioether (sulfide) groups is 1. The maximum absolute atomic E-state index is 13.6. The van der Waals surface area contributed by atoms with Gasteiger partial charge >= 0.3 is 0 Å². The molecule has 3 aromatic carbocycles. The van der Waals surface area contributed by atoms with Gasteiger partial charge in [-0.1, -0.05) is 84.1 Å². The molecule has 0 unspecified atom stereocenters. The lowest BCUT2D eigenvalue weighted by Gasteiger charge is -2.18. The molecule has 2 aliphatic heterocycles. The molecule has 0 aliphatic carbocycles. The van der Waals surface area contributed by atoms with E-state index in [0.717, 1.165) is 28.1 Å². The zero-order chi connectivity index (χ0) is 23.8. The lowest BCUT2D eigenvalue weighted by molar-refractivity contribution is -0.122. The van der Waals surface area contributed by atoms with Crippen LogP contribution in [-0.2, 0) is 22.7 Å². The number of para-hydroxylation sites is 1. The maximum atomic E-state index is 13.6. The summed E-state index contributed by atoms with van der Waals surface area (Å²) in [6.45, 7) is 0.635. The number of hydrogen-bond donors (Lipinski definition) is 0. The molecule has 3 aromatic rings. The third-order valence-corrected chi connectivity index (χ3v) is 7.60. The van der Waals surface area contributed by atoms with Crippen molar-refractivity contribution in [3.8, 4) is 5.75 Å². The number of anilines is 1. The number of hydrogen-bond acceptors (Lipinski definition) is 5. The minimum Gasteiger partial charge on any atom is -0.497 e. The van der Waals surface area contributed by atoms with Crippen LogP contribution in [0.3, 0.4) is 0 Å². The Morgan fingerprint density at radius 3 is 2.32 bits per heavy atom. The summed E-state index contributed by atoms with van der Waals surface area (Å²) in [5.74, 6) is 0.248. The number of ether oxygens (including phenoxy) is 1. The standard InChI is InChI=1S/C26H19ClN2O3S2/c1-32-18-12-10-16(11-13-18)14-29-25(31)23(34-26(29)33)22-19-7-3-5-9-21(19)28(24(22)30)15-17-6-2-4-8-20(17)27/h2-13H,14-15H2,1H3/b23-22-. The summed E-state index contributed by atoms with van der Waals surface area (Å²) in [7, 11) is 1.61. The van der Waals surface area contributed by atoms with E-state index in [1.54, 1.807) is 18.1 Å². The molecule has 5 rings (SSSR count). The number of amides is 2. The first-order valence-corrected chi connectivity index (χ1v) is 12.1. The third-order valence-electron chi connectivity index (χ3n) is 5.79. The molecule has 5 nitrogen and oxygen atoms in total. The fourth-order valence-electron chi connectivity index (χ4n) is 4.05. The van der Waals surface area contributed by atoms with Gasteiger partial charge in [-0.05, 0) is 35.4 Å². The zero-order valence-electron chi connectivity index (χ0n) is 18.2. The van der Waals surface area contributed by atoms with Crippen molar-refractivity contribution < 1.29 is 14.3 Å². The van der Waals surface area contributed by atoms with Crippen molar-refractivity contribution in [3.05, 3.63) is 99.4 Å². The summed E-state index contributed by atoms with van der Waals surface area (Å²) in [6, 6.07) is 22.4. The molecule has 0 radical (unpaired) electrons. The number of halogens is 1. The zero-order valence-corrected chi connectivity index (χ0v) is 20.5. The third kappa shape index (κ3) is 4.00. The number of nitrogens with zero attached hydrogens (tertiary/aromatic N) is 2. The van der Waals surface area contributed by atoms with Crippen molar-refractivity contribution in [3.63, 3.8) is 0 Å². The molecule has 0 atom stereocenters.